The number of hydrogen-bond donors (Lipinski definition) is 2. The van der Waals surface area contributed by atoms with Crippen molar-refractivity contribution in [3.05, 3.63) is 21.9 Å². The molecule has 0 aliphatic carbocycles. The Morgan fingerprint density at radius 1 is 1.62 bits per heavy atom. The molecule has 0 saturated carbocycles. The lowest BCUT2D eigenvalue weighted by molar-refractivity contribution is 0.100. The molecule has 1 saturated heterocycles. The third kappa shape index (κ3) is 3.23. The third-order valence-electron chi connectivity index (χ3n) is 2.66. The standard InChI is InChI=1S/C11H16N2OS2/c12-11(14)8-4-10(16-6-8)5-13-9-2-1-3-15-7-9/h4,6,9,13H,1-3,5,7H2,(H2,12,14). The van der Waals surface area contributed by atoms with Crippen LogP contribution in [0.4, 0.5) is 0 Å². The van der Waals surface area contributed by atoms with Gasteiger partial charge in [0.25, 0.3) is 0 Å². The fraction of sp³-hybridized carbons (Fsp3) is 0.545. The van der Waals surface area contributed by atoms with Crippen molar-refractivity contribution in [1.82, 2.24) is 5.32 Å². The van der Waals surface area contributed by atoms with Crippen molar-refractivity contribution >= 4 is 29.0 Å². The van der Waals surface area contributed by atoms with Crippen LogP contribution < -0.4 is 11.1 Å². The molecule has 1 atom stereocenters. The highest BCUT2D eigenvalue weighted by molar-refractivity contribution is 7.99. The molecule has 1 aromatic heterocycles. The first-order valence-electron chi connectivity index (χ1n) is 5.44. The van der Waals surface area contributed by atoms with Gasteiger partial charge in [-0.2, -0.15) is 11.8 Å². The number of hydrogen-bond acceptors (Lipinski definition) is 4. The maximum Gasteiger partial charge on any atom is 0.249 e. The summed E-state index contributed by atoms with van der Waals surface area (Å²) < 4.78 is 0. The fourth-order valence-corrected chi connectivity index (χ4v) is 3.68. The molecule has 3 nitrogen and oxygen atoms in total. The van der Waals surface area contributed by atoms with Gasteiger partial charge in [-0.3, -0.25) is 4.79 Å². The Morgan fingerprint density at radius 3 is 3.12 bits per heavy atom. The Bertz CT molecular complexity index is 359. The molecule has 1 aliphatic heterocycles. The third-order valence-corrected chi connectivity index (χ3v) is 4.82. The van der Waals surface area contributed by atoms with Gasteiger partial charge in [-0.25, -0.2) is 0 Å². The smallest absolute Gasteiger partial charge is 0.249 e. The topological polar surface area (TPSA) is 55.1 Å². The normalized spacial score (nSPS) is 20.9. The molecule has 0 radical (unpaired) electrons. The highest BCUT2D eigenvalue weighted by Crippen LogP contribution is 2.19. The number of amides is 1. The second-order valence-electron chi connectivity index (χ2n) is 3.96. The quantitative estimate of drug-likeness (QED) is 0.864. The van der Waals surface area contributed by atoms with Crippen LogP contribution in [0.3, 0.4) is 0 Å². The Morgan fingerprint density at radius 2 is 2.50 bits per heavy atom. The lowest BCUT2D eigenvalue weighted by Gasteiger charge is -2.22. The molecule has 3 N–H and O–H groups in total. The minimum atomic E-state index is -0.337. The van der Waals surface area contributed by atoms with Gasteiger partial charge in [-0.05, 0) is 24.7 Å². The molecule has 0 aromatic carbocycles. The number of thiophene rings is 1. The number of thioether (sulfide) groups is 1. The summed E-state index contributed by atoms with van der Waals surface area (Å²) in [6, 6.07) is 2.51. The Labute approximate surface area is 104 Å². The lowest BCUT2D eigenvalue weighted by Crippen LogP contribution is -2.32. The van der Waals surface area contributed by atoms with E-state index in [1.165, 1.54) is 29.2 Å². The number of nitrogens with one attached hydrogen (secondary N) is 1. The van der Waals surface area contributed by atoms with Gasteiger partial charge in [0.15, 0.2) is 0 Å². The van der Waals surface area contributed by atoms with Crippen LogP contribution in [-0.2, 0) is 6.54 Å². The SMILES string of the molecule is NC(=O)c1csc(CNC2CCCSC2)c1. The average Bonchev–Trinajstić information content (AvgIpc) is 2.76. The molecule has 2 rings (SSSR count). The molecule has 1 fully saturated rings. The second kappa shape index (κ2) is 5.70. The summed E-state index contributed by atoms with van der Waals surface area (Å²) in [5.74, 6) is 2.16. The summed E-state index contributed by atoms with van der Waals surface area (Å²) >= 11 is 3.61. The van der Waals surface area contributed by atoms with Gasteiger partial charge in [0.05, 0.1) is 5.56 Å². The van der Waals surface area contributed by atoms with Crippen molar-refractivity contribution in [3.63, 3.8) is 0 Å². The van der Waals surface area contributed by atoms with E-state index >= 15 is 0 Å². The molecule has 0 bridgehead atoms. The van der Waals surface area contributed by atoms with Crippen LogP contribution in [0.2, 0.25) is 0 Å². The fourth-order valence-electron chi connectivity index (χ4n) is 1.75. The Hall–Kier alpha value is -0.520. The van der Waals surface area contributed by atoms with E-state index in [2.05, 4.69) is 5.32 Å². The summed E-state index contributed by atoms with van der Waals surface area (Å²) in [6.45, 7) is 0.850. The minimum absolute atomic E-state index is 0.337. The zero-order valence-electron chi connectivity index (χ0n) is 9.07. The van der Waals surface area contributed by atoms with E-state index in [4.69, 9.17) is 5.73 Å². The van der Waals surface area contributed by atoms with Gasteiger partial charge in [-0.15, -0.1) is 11.3 Å². The number of rotatable bonds is 4. The molecule has 5 heteroatoms. The van der Waals surface area contributed by atoms with Crippen LogP contribution in [0.15, 0.2) is 11.4 Å². The summed E-state index contributed by atoms with van der Waals surface area (Å²) in [5, 5.41) is 5.36. The van der Waals surface area contributed by atoms with E-state index in [-0.39, 0.29) is 5.91 Å². The number of nitrogens with two attached hydrogens (primary N) is 1. The Balaban J connectivity index is 1.81. The molecule has 0 spiro atoms. The van der Waals surface area contributed by atoms with E-state index in [1.54, 1.807) is 11.3 Å². The summed E-state index contributed by atoms with van der Waals surface area (Å²) in [5.41, 5.74) is 5.83. The largest absolute Gasteiger partial charge is 0.366 e. The van der Waals surface area contributed by atoms with Crippen LogP contribution in [0.25, 0.3) is 0 Å². The molecular weight excluding hydrogens is 240 g/mol. The number of primary amides is 1. The van der Waals surface area contributed by atoms with E-state index < -0.39 is 0 Å². The summed E-state index contributed by atoms with van der Waals surface area (Å²) in [6.07, 6.45) is 2.57. The van der Waals surface area contributed by atoms with E-state index in [0.29, 0.717) is 11.6 Å². The molecule has 16 heavy (non-hydrogen) atoms. The molecule has 88 valence electrons. The molecule has 1 aliphatic rings. The van der Waals surface area contributed by atoms with Crippen molar-refractivity contribution in [2.75, 3.05) is 11.5 Å². The van der Waals surface area contributed by atoms with Crippen molar-refractivity contribution in [3.8, 4) is 0 Å². The zero-order chi connectivity index (χ0) is 11.4. The van der Waals surface area contributed by atoms with Gasteiger partial charge in [-0.1, -0.05) is 0 Å². The van der Waals surface area contributed by atoms with Crippen LogP contribution >= 0.6 is 23.1 Å². The second-order valence-corrected chi connectivity index (χ2v) is 6.11. The maximum atomic E-state index is 10.9. The van der Waals surface area contributed by atoms with E-state index in [1.807, 2.05) is 23.2 Å². The summed E-state index contributed by atoms with van der Waals surface area (Å²) in [4.78, 5) is 12.1. The van der Waals surface area contributed by atoms with Gasteiger partial charge in [0, 0.05) is 28.6 Å². The predicted molar refractivity (Wildman–Crippen MR) is 70.0 cm³/mol. The first-order valence-corrected chi connectivity index (χ1v) is 7.47. The van der Waals surface area contributed by atoms with Crippen LogP contribution in [0.5, 0.6) is 0 Å². The van der Waals surface area contributed by atoms with Crippen LogP contribution in [0.1, 0.15) is 28.1 Å². The molecular formula is C11H16N2OS2. The van der Waals surface area contributed by atoms with Crippen molar-refractivity contribution < 1.29 is 4.79 Å². The van der Waals surface area contributed by atoms with E-state index in [9.17, 15) is 4.79 Å². The van der Waals surface area contributed by atoms with Crippen molar-refractivity contribution in [2.45, 2.75) is 25.4 Å². The predicted octanol–water partition coefficient (Wildman–Crippen LogP) is 1.83. The van der Waals surface area contributed by atoms with Gasteiger partial charge in [0.1, 0.15) is 0 Å². The van der Waals surface area contributed by atoms with Gasteiger partial charge < -0.3 is 11.1 Å². The number of carbonyl (C=O) groups excluding carboxylic acids is 1. The minimum Gasteiger partial charge on any atom is -0.366 e. The summed E-state index contributed by atoms with van der Waals surface area (Å²) in [7, 11) is 0. The van der Waals surface area contributed by atoms with Crippen molar-refractivity contribution in [2.24, 2.45) is 5.73 Å². The van der Waals surface area contributed by atoms with Crippen LogP contribution in [-0.4, -0.2) is 23.5 Å². The van der Waals surface area contributed by atoms with Crippen LogP contribution in [0, 0.1) is 0 Å². The first kappa shape index (κ1) is 12.0. The van der Waals surface area contributed by atoms with Gasteiger partial charge >= 0.3 is 0 Å². The maximum absolute atomic E-state index is 10.9. The monoisotopic (exact) mass is 256 g/mol. The lowest BCUT2D eigenvalue weighted by atomic mass is 10.2. The average molecular weight is 256 g/mol. The Kier molecular flexibility index (Phi) is 4.26. The molecule has 1 aromatic rings. The van der Waals surface area contributed by atoms with Crippen molar-refractivity contribution in [1.29, 1.82) is 0 Å². The molecule has 1 amide bonds. The number of carbonyl (C=O) groups is 1. The highest BCUT2D eigenvalue weighted by Gasteiger charge is 2.13. The van der Waals surface area contributed by atoms with E-state index in [0.717, 1.165) is 6.54 Å². The zero-order valence-corrected chi connectivity index (χ0v) is 10.7. The first-order chi connectivity index (χ1) is 7.75. The molecule has 1 unspecified atom stereocenters. The highest BCUT2D eigenvalue weighted by atomic mass is 32.2. The van der Waals surface area contributed by atoms with Gasteiger partial charge in [0.2, 0.25) is 5.91 Å². The molecule has 2 heterocycles.